The number of alkyl halides is 1. The lowest BCUT2D eigenvalue weighted by molar-refractivity contribution is -0.125. The first-order valence-electron chi connectivity index (χ1n) is 7.15. The molecular formula is C16H22BrNO. The van der Waals surface area contributed by atoms with Crippen LogP contribution in [0.4, 0.5) is 0 Å². The summed E-state index contributed by atoms with van der Waals surface area (Å²) in [5.41, 5.74) is 2.77. The Bertz CT molecular complexity index is 431. The summed E-state index contributed by atoms with van der Waals surface area (Å²) in [6, 6.07) is 8.49. The molecule has 1 aromatic carbocycles. The molecule has 0 saturated heterocycles. The molecule has 1 aromatic rings. The lowest BCUT2D eigenvalue weighted by Gasteiger charge is -2.23. The largest absolute Gasteiger partial charge is 0.356 e. The zero-order valence-electron chi connectivity index (χ0n) is 11.5. The fourth-order valence-corrected chi connectivity index (χ4v) is 2.98. The predicted octanol–water partition coefficient (Wildman–Crippen LogP) is 3.47. The topological polar surface area (TPSA) is 29.1 Å². The van der Waals surface area contributed by atoms with Crippen molar-refractivity contribution in [3.05, 3.63) is 35.4 Å². The van der Waals surface area contributed by atoms with Gasteiger partial charge in [0.15, 0.2) is 0 Å². The number of amides is 1. The van der Waals surface area contributed by atoms with Crippen LogP contribution in [-0.4, -0.2) is 17.3 Å². The average Bonchev–Trinajstić information content (AvgIpc) is 2.42. The van der Waals surface area contributed by atoms with Crippen molar-refractivity contribution in [3.8, 4) is 0 Å². The van der Waals surface area contributed by atoms with E-state index in [0.717, 1.165) is 38.6 Å². The molecule has 0 heterocycles. The van der Waals surface area contributed by atoms with Crippen LogP contribution in [0.3, 0.4) is 0 Å². The van der Waals surface area contributed by atoms with Gasteiger partial charge in [-0.2, -0.15) is 0 Å². The van der Waals surface area contributed by atoms with Crippen molar-refractivity contribution in [2.75, 3.05) is 6.54 Å². The monoisotopic (exact) mass is 323 g/mol. The van der Waals surface area contributed by atoms with Crippen LogP contribution in [-0.2, 0) is 17.6 Å². The third-order valence-electron chi connectivity index (χ3n) is 3.80. The summed E-state index contributed by atoms with van der Waals surface area (Å²) in [6.45, 7) is 2.94. The van der Waals surface area contributed by atoms with E-state index in [0.29, 0.717) is 4.83 Å². The van der Waals surface area contributed by atoms with Crippen molar-refractivity contribution in [1.29, 1.82) is 0 Å². The Labute approximate surface area is 124 Å². The molecule has 0 saturated carbocycles. The minimum atomic E-state index is 0.163. The van der Waals surface area contributed by atoms with Crippen molar-refractivity contribution >= 4 is 21.8 Å². The van der Waals surface area contributed by atoms with Gasteiger partial charge >= 0.3 is 0 Å². The predicted molar refractivity (Wildman–Crippen MR) is 82.6 cm³/mol. The van der Waals surface area contributed by atoms with Gasteiger partial charge in [0.2, 0.25) is 5.91 Å². The number of carbonyl (C=O) groups is 1. The van der Waals surface area contributed by atoms with Crippen LogP contribution in [0, 0.1) is 5.92 Å². The molecule has 1 amide bonds. The van der Waals surface area contributed by atoms with Crippen LogP contribution in [0.15, 0.2) is 24.3 Å². The summed E-state index contributed by atoms with van der Waals surface area (Å²) in [5, 5.41) is 3.08. The molecule has 1 N–H and O–H groups in total. The molecule has 0 bridgehead atoms. The zero-order valence-corrected chi connectivity index (χ0v) is 13.1. The maximum atomic E-state index is 12.1. The minimum Gasteiger partial charge on any atom is -0.356 e. The number of benzene rings is 1. The molecule has 2 atom stereocenters. The van der Waals surface area contributed by atoms with Gasteiger partial charge in [-0.25, -0.2) is 0 Å². The molecule has 1 aliphatic carbocycles. The fraction of sp³-hybridized carbons (Fsp3) is 0.562. The third-order valence-corrected chi connectivity index (χ3v) is 4.25. The maximum Gasteiger partial charge on any atom is 0.223 e. The lowest BCUT2D eigenvalue weighted by atomic mass is 9.83. The van der Waals surface area contributed by atoms with Crippen LogP contribution in [0.5, 0.6) is 0 Å². The first-order valence-corrected chi connectivity index (χ1v) is 8.07. The van der Waals surface area contributed by atoms with Gasteiger partial charge in [-0.3, -0.25) is 4.79 Å². The standard InChI is InChI=1S/C16H22BrNO/c1-12(17)5-4-10-18-16(19)15-9-8-13-6-2-3-7-14(13)11-15/h2-3,6-7,12,15H,4-5,8-11H2,1H3,(H,18,19). The second-order valence-electron chi connectivity index (χ2n) is 5.42. The molecule has 0 radical (unpaired) electrons. The number of halogens is 1. The normalized spacial score (nSPS) is 19.6. The summed E-state index contributed by atoms with van der Waals surface area (Å²) in [6.07, 6.45) is 5.07. The van der Waals surface area contributed by atoms with Crippen LogP contribution < -0.4 is 5.32 Å². The van der Waals surface area contributed by atoms with E-state index in [1.54, 1.807) is 0 Å². The summed E-state index contributed by atoms with van der Waals surface area (Å²) >= 11 is 3.52. The van der Waals surface area contributed by atoms with Gasteiger partial charge in [0.05, 0.1) is 0 Å². The van der Waals surface area contributed by atoms with Crippen molar-refractivity contribution in [3.63, 3.8) is 0 Å². The van der Waals surface area contributed by atoms with E-state index in [-0.39, 0.29) is 11.8 Å². The van der Waals surface area contributed by atoms with Crippen molar-refractivity contribution < 1.29 is 4.79 Å². The summed E-state index contributed by atoms with van der Waals surface area (Å²) in [7, 11) is 0. The number of hydrogen-bond acceptors (Lipinski definition) is 1. The highest BCUT2D eigenvalue weighted by Gasteiger charge is 2.23. The third kappa shape index (κ3) is 4.34. The van der Waals surface area contributed by atoms with Gasteiger partial charge in [-0.1, -0.05) is 47.1 Å². The molecule has 0 aliphatic heterocycles. The fourth-order valence-electron chi connectivity index (χ4n) is 2.66. The van der Waals surface area contributed by atoms with Crippen LogP contribution in [0.25, 0.3) is 0 Å². The van der Waals surface area contributed by atoms with Crippen molar-refractivity contribution in [2.24, 2.45) is 5.92 Å². The van der Waals surface area contributed by atoms with Gasteiger partial charge in [-0.05, 0) is 43.2 Å². The van der Waals surface area contributed by atoms with Gasteiger partial charge in [-0.15, -0.1) is 0 Å². The lowest BCUT2D eigenvalue weighted by Crippen LogP contribution is -2.34. The number of hydrogen-bond donors (Lipinski definition) is 1. The molecule has 3 heteroatoms. The average molecular weight is 324 g/mol. The molecular weight excluding hydrogens is 302 g/mol. The minimum absolute atomic E-state index is 0.163. The van der Waals surface area contributed by atoms with Crippen LogP contribution in [0.2, 0.25) is 0 Å². The Morgan fingerprint density at radius 3 is 2.89 bits per heavy atom. The van der Waals surface area contributed by atoms with Crippen molar-refractivity contribution in [2.45, 2.75) is 43.9 Å². The Hall–Kier alpha value is -0.830. The first kappa shape index (κ1) is 14.6. The van der Waals surface area contributed by atoms with Crippen LogP contribution >= 0.6 is 15.9 Å². The van der Waals surface area contributed by atoms with E-state index in [1.165, 1.54) is 11.1 Å². The molecule has 0 fully saturated rings. The maximum absolute atomic E-state index is 12.1. The zero-order chi connectivity index (χ0) is 13.7. The molecule has 1 aliphatic rings. The Balaban J connectivity index is 1.79. The number of aryl methyl sites for hydroxylation is 1. The van der Waals surface area contributed by atoms with E-state index in [4.69, 9.17) is 0 Å². The van der Waals surface area contributed by atoms with Crippen LogP contribution in [0.1, 0.15) is 37.3 Å². The second kappa shape index (κ2) is 7.09. The van der Waals surface area contributed by atoms with E-state index >= 15 is 0 Å². The van der Waals surface area contributed by atoms with Gasteiger partial charge < -0.3 is 5.32 Å². The van der Waals surface area contributed by atoms with E-state index in [9.17, 15) is 4.79 Å². The quantitative estimate of drug-likeness (QED) is 0.652. The first-order chi connectivity index (χ1) is 9.16. The molecule has 2 nitrogen and oxygen atoms in total. The Morgan fingerprint density at radius 2 is 2.16 bits per heavy atom. The van der Waals surface area contributed by atoms with E-state index < -0.39 is 0 Å². The summed E-state index contributed by atoms with van der Waals surface area (Å²) < 4.78 is 0. The number of carbonyl (C=O) groups excluding carboxylic acids is 1. The van der Waals surface area contributed by atoms with E-state index in [2.05, 4.69) is 52.4 Å². The molecule has 19 heavy (non-hydrogen) atoms. The Kier molecular flexibility index (Phi) is 5.44. The number of rotatable bonds is 5. The van der Waals surface area contributed by atoms with Gasteiger partial charge in [0.25, 0.3) is 0 Å². The highest BCUT2D eigenvalue weighted by molar-refractivity contribution is 9.09. The highest BCUT2D eigenvalue weighted by Crippen LogP contribution is 2.25. The van der Waals surface area contributed by atoms with Crippen molar-refractivity contribution in [1.82, 2.24) is 5.32 Å². The smallest absolute Gasteiger partial charge is 0.223 e. The summed E-state index contributed by atoms with van der Waals surface area (Å²) in [4.78, 5) is 12.7. The van der Waals surface area contributed by atoms with Gasteiger partial charge in [0.1, 0.15) is 0 Å². The highest BCUT2D eigenvalue weighted by atomic mass is 79.9. The van der Waals surface area contributed by atoms with Gasteiger partial charge in [0, 0.05) is 17.3 Å². The molecule has 0 spiro atoms. The number of fused-ring (bicyclic) bond motifs is 1. The molecule has 104 valence electrons. The molecule has 2 unspecified atom stereocenters. The SMILES string of the molecule is CC(Br)CCCNC(=O)C1CCc2ccccc2C1. The Morgan fingerprint density at radius 1 is 1.42 bits per heavy atom. The summed E-state index contributed by atoms with van der Waals surface area (Å²) in [5.74, 6) is 0.396. The molecule has 0 aromatic heterocycles. The second-order valence-corrected chi connectivity index (χ2v) is 6.99. The molecule has 2 rings (SSSR count). The number of nitrogens with one attached hydrogen (secondary N) is 1. The van der Waals surface area contributed by atoms with E-state index in [1.807, 2.05) is 0 Å².